The van der Waals surface area contributed by atoms with Crippen molar-refractivity contribution in [1.82, 2.24) is 0 Å². The van der Waals surface area contributed by atoms with Crippen LogP contribution >= 0.6 is 11.6 Å². The van der Waals surface area contributed by atoms with E-state index in [-0.39, 0.29) is 17.1 Å². The largest absolute Gasteiger partial charge is 0.352 e. The van der Waals surface area contributed by atoms with Gasteiger partial charge in [0, 0.05) is 11.8 Å². The van der Waals surface area contributed by atoms with E-state index in [1.807, 2.05) is 12.1 Å². The van der Waals surface area contributed by atoms with Crippen LogP contribution in [0.15, 0.2) is 30.9 Å². The van der Waals surface area contributed by atoms with Gasteiger partial charge in [0.25, 0.3) is 0 Å². The molecule has 0 amide bonds. The third kappa shape index (κ3) is 5.47. The molecule has 1 heterocycles. The van der Waals surface area contributed by atoms with Gasteiger partial charge in [-0.15, -0.1) is 6.58 Å². The molecule has 30 heavy (non-hydrogen) atoms. The fourth-order valence-corrected chi connectivity index (χ4v) is 6.05. The Morgan fingerprint density at radius 3 is 2.13 bits per heavy atom. The molecule has 3 fully saturated rings. The topological polar surface area (TPSA) is 18.5 Å². The first-order chi connectivity index (χ1) is 14.6. The second kappa shape index (κ2) is 10.6. The van der Waals surface area contributed by atoms with Crippen LogP contribution in [0.25, 0.3) is 0 Å². The Morgan fingerprint density at radius 1 is 0.933 bits per heavy atom. The van der Waals surface area contributed by atoms with E-state index in [1.54, 1.807) is 12.1 Å². The molecule has 1 aromatic carbocycles. The fourth-order valence-electron chi connectivity index (χ4n) is 5.93. The van der Waals surface area contributed by atoms with Crippen LogP contribution in [-0.2, 0) is 9.47 Å². The number of allylic oxidation sites excluding steroid dienone is 1. The molecule has 4 rings (SSSR count). The molecule has 2 saturated carbocycles. The number of hydrogen-bond donors (Lipinski definition) is 0. The summed E-state index contributed by atoms with van der Waals surface area (Å²) < 4.78 is 26.0. The highest BCUT2D eigenvalue weighted by molar-refractivity contribution is 6.30. The first-order valence-electron chi connectivity index (χ1n) is 11.9. The second-order valence-corrected chi connectivity index (χ2v) is 10.1. The average molecular weight is 435 g/mol. The van der Waals surface area contributed by atoms with Crippen molar-refractivity contribution in [3.8, 4) is 0 Å². The Labute approximate surface area is 186 Å². The van der Waals surface area contributed by atoms with Crippen LogP contribution in [0.2, 0.25) is 5.02 Å². The van der Waals surface area contributed by atoms with Gasteiger partial charge in [-0.2, -0.15) is 0 Å². The smallest absolute Gasteiger partial charge is 0.160 e. The zero-order valence-corrected chi connectivity index (χ0v) is 18.8. The normalized spacial score (nSPS) is 35.1. The molecule has 1 saturated heterocycles. The van der Waals surface area contributed by atoms with Gasteiger partial charge in [0.1, 0.15) is 5.82 Å². The lowest BCUT2D eigenvalue weighted by atomic mass is 9.68. The van der Waals surface area contributed by atoms with Gasteiger partial charge >= 0.3 is 0 Å². The van der Waals surface area contributed by atoms with Gasteiger partial charge in [-0.25, -0.2) is 4.39 Å². The summed E-state index contributed by atoms with van der Waals surface area (Å²) in [6, 6.07) is 5.36. The van der Waals surface area contributed by atoms with Crippen LogP contribution in [0.5, 0.6) is 0 Å². The van der Waals surface area contributed by atoms with Crippen molar-refractivity contribution in [2.24, 2.45) is 23.7 Å². The SMILES string of the molecule is C=CCC[C@H]1CO[C@H]([C@H]2CC[C@H]([C@H]3CC[C@H](c4ccc(Cl)c(F)c4)CC3)CC2)OC1. The molecule has 4 heteroatoms. The van der Waals surface area contributed by atoms with Crippen molar-refractivity contribution >= 4 is 11.6 Å². The maximum Gasteiger partial charge on any atom is 0.160 e. The Morgan fingerprint density at radius 2 is 1.53 bits per heavy atom. The van der Waals surface area contributed by atoms with E-state index in [4.69, 9.17) is 21.1 Å². The van der Waals surface area contributed by atoms with Crippen LogP contribution in [0.1, 0.15) is 75.7 Å². The van der Waals surface area contributed by atoms with E-state index < -0.39 is 0 Å². The molecule has 0 radical (unpaired) electrons. The summed E-state index contributed by atoms with van der Waals surface area (Å²) in [5.41, 5.74) is 1.12. The third-order valence-electron chi connectivity index (χ3n) is 7.83. The Bertz CT molecular complexity index is 684. The van der Waals surface area contributed by atoms with Gasteiger partial charge in [0.15, 0.2) is 6.29 Å². The lowest BCUT2D eigenvalue weighted by Gasteiger charge is -2.41. The molecule has 0 aromatic heterocycles. The maximum absolute atomic E-state index is 13.8. The lowest BCUT2D eigenvalue weighted by Crippen LogP contribution is -2.39. The number of hydrogen-bond acceptors (Lipinski definition) is 2. The molecule has 0 spiro atoms. The van der Waals surface area contributed by atoms with Crippen molar-refractivity contribution in [1.29, 1.82) is 0 Å². The molecular weight excluding hydrogens is 399 g/mol. The molecule has 1 aliphatic heterocycles. The van der Waals surface area contributed by atoms with E-state index >= 15 is 0 Å². The number of benzene rings is 1. The summed E-state index contributed by atoms with van der Waals surface area (Å²) in [6.45, 7) is 5.49. The van der Waals surface area contributed by atoms with E-state index in [0.717, 1.165) is 43.5 Å². The fraction of sp³-hybridized carbons (Fsp3) is 0.692. The summed E-state index contributed by atoms with van der Waals surface area (Å²) >= 11 is 5.84. The van der Waals surface area contributed by atoms with Crippen LogP contribution in [0.3, 0.4) is 0 Å². The average Bonchev–Trinajstić information content (AvgIpc) is 2.80. The van der Waals surface area contributed by atoms with Gasteiger partial charge < -0.3 is 9.47 Å². The van der Waals surface area contributed by atoms with Crippen LogP contribution in [-0.4, -0.2) is 19.5 Å². The van der Waals surface area contributed by atoms with Crippen LogP contribution in [0, 0.1) is 29.5 Å². The monoisotopic (exact) mass is 434 g/mol. The summed E-state index contributed by atoms with van der Waals surface area (Å²) in [7, 11) is 0. The minimum Gasteiger partial charge on any atom is -0.352 e. The summed E-state index contributed by atoms with van der Waals surface area (Å²) in [6.07, 6.45) is 14.1. The third-order valence-corrected chi connectivity index (χ3v) is 8.13. The van der Waals surface area contributed by atoms with Crippen LogP contribution < -0.4 is 0 Å². The minimum atomic E-state index is -0.284. The second-order valence-electron chi connectivity index (χ2n) is 9.73. The highest BCUT2D eigenvalue weighted by atomic mass is 35.5. The van der Waals surface area contributed by atoms with Crippen molar-refractivity contribution in [3.05, 3.63) is 47.3 Å². The minimum absolute atomic E-state index is 0.0152. The van der Waals surface area contributed by atoms with Crippen LogP contribution in [0.4, 0.5) is 4.39 Å². The Balaban J connectivity index is 1.19. The quantitative estimate of drug-likeness (QED) is 0.431. The van der Waals surface area contributed by atoms with Gasteiger partial charge in [-0.3, -0.25) is 0 Å². The first-order valence-corrected chi connectivity index (χ1v) is 12.3. The highest BCUT2D eigenvalue weighted by Crippen LogP contribution is 2.45. The van der Waals surface area contributed by atoms with E-state index in [2.05, 4.69) is 6.58 Å². The molecule has 1 aromatic rings. The number of rotatable bonds is 6. The van der Waals surface area contributed by atoms with Crippen molar-refractivity contribution in [3.63, 3.8) is 0 Å². The molecule has 0 unspecified atom stereocenters. The molecule has 0 atom stereocenters. The standard InChI is InChI=1S/C26H36ClFO2/c1-2-3-4-18-16-29-26(30-17-18)22-11-9-20(10-12-22)19-5-7-21(8-6-19)23-13-14-24(27)25(28)15-23/h2,13-15,18-22,26H,1,3-12,16-17H2/t18-,19-,20-,21-,22-,26-. The molecular formula is C26H36ClFO2. The predicted octanol–water partition coefficient (Wildman–Crippen LogP) is 7.51. The maximum atomic E-state index is 13.8. The summed E-state index contributed by atoms with van der Waals surface area (Å²) in [5, 5.41) is 0.224. The Hall–Kier alpha value is -0.900. The highest BCUT2D eigenvalue weighted by Gasteiger charge is 2.36. The van der Waals surface area contributed by atoms with Crippen molar-refractivity contribution in [2.45, 2.75) is 76.4 Å². The van der Waals surface area contributed by atoms with Crippen molar-refractivity contribution < 1.29 is 13.9 Å². The molecule has 2 nitrogen and oxygen atoms in total. The summed E-state index contributed by atoms with van der Waals surface area (Å²) in [4.78, 5) is 0. The summed E-state index contributed by atoms with van der Waals surface area (Å²) in [5.74, 6) is 2.97. The Kier molecular flexibility index (Phi) is 7.89. The first kappa shape index (κ1) is 22.3. The molecule has 3 aliphatic rings. The van der Waals surface area contributed by atoms with Gasteiger partial charge in [0.05, 0.1) is 18.2 Å². The lowest BCUT2D eigenvalue weighted by molar-refractivity contribution is -0.230. The van der Waals surface area contributed by atoms with Gasteiger partial charge in [-0.1, -0.05) is 23.7 Å². The van der Waals surface area contributed by atoms with E-state index in [9.17, 15) is 4.39 Å². The van der Waals surface area contributed by atoms with E-state index in [1.165, 1.54) is 51.4 Å². The molecule has 0 bridgehead atoms. The number of ether oxygens (including phenoxy) is 2. The zero-order valence-electron chi connectivity index (χ0n) is 18.0. The number of halogens is 2. The van der Waals surface area contributed by atoms with Gasteiger partial charge in [-0.05, 0) is 99.7 Å². The molecule has 166 valence electrons. The molecule has 0 N–H and O–H groups in total. The van der Waals surface area contributed by atoms with Gasteiger partial charge in [0.2, 0.25) is 0 Å². The molecule has 2 aliphatic carbocycles. The predicted molar refractivity (Wildman–Crippen MR) is 120 cm³/mol. The van der Waals surface area contributed by atoms with E-state index in [0.29, 0.717) is 17.8 Å². The zero-order chi connectivity index (χ0) is 20.9. The van der Waals surface area contributed by atoms with Crippen molar-refractivity contribution in [2.75, 3.05) is 13.2 Å².